The molecule has 0 saturated carbocycles. The Morgan fingerprint density at radius 2 is 1.60 bits per heavy atom. The van der Waals surface area contributed by atoms with Gasteiger partial charge in [-0.3, -0.25) is 0 Å². The molecule has 2 heteroatoms. The van der Waals surface area contributed by atoms with Crippen LogP contribution in [0.2, 0.25) is 0 Å². The van der Waals surface area contributed by atoms with Crippen LogP contribution in [-0.4, -0.2) is 4.57 Å². The van der Waals surface area contributed by atoms with E-state index in [1.165, 1.54) is 26.2 Å². The molecule has 20 heavy (non-hydrogen) atoms. The fourth-order valence-corrected chi connectivity index (χ4v) is 2.89. The summed E-state index contributed by atoms with van der Waals surface area (Å²) in [7, 11) is 2.08. The molecular formula is C18H25NS. The molecule has 0 unspecified atom stereocenters. The van der Waals surface area contributed by atoms with Gasteiger partial charge in [0.25, 0.3) is 0 Å². The highest BCUT2D eigenvalue weighted by Crippen LogP contribution is 2.30. The number of aryl methyl sites for hydroxylation is 2. The van der Waals surface area contributed by atoms with Gasteiger partial charge in [-0.25, -0.2) is 0 Å². The molecule has 0 amide bonds. The van der Waals surface area contributed by atoms with Crippen molar-refractivity contribution < 1.29 is 0 Å². The van der Waals surface area contributed by atoms with Gasteiger partial charge in [-0.1, -0.05) is 33.8 Å². The van der Waals surface area contributed by atoms with Crippen molar-refractivity contribution in [2.24, 2.45) is 7.05 Å². The smallest absolute Gasteiger partial charge is 0.0478 e. The van der Waals surface area contributed by atoms with Crippen LogP contribution in [0.3, 0.4) is 0 Å². The van der Waals surface area contributed by atoms with E-state index >= 15 is 0 Å². The fraction of sp³-hybridized carbons (Fsp3) is 0.333. The average Bonchev–Trinajstić information content (AvgIpc) is 3.10. The van der Waals surface area contributed by atoms with E-state index in [0.29, 0.717) is 0 Å². The van der Waals surface area contributed by atoms with E-state index in [-0.39, 0.29) is 0 Å². The van der Waals surface area contributed by atoms with Gasteiger partial charge in [0.05, 0.1) is 0 Å². The number of benzene rings is 1. The van der Waals surface area contributed by atoms with Gasteiger partial charge >= 0.3 is 0 Å². The first-order valence-electron chi connectivity index (χ1n) is 7.36. The lowest BCUT2D eigenvalue weighted by molar-refractivity contribution is 0.969. The summed E-state index contributed by atoms with van der Waals surface area (Å²) < 4.78 is 2.15. The van der Waals surface area contributed by atoms with Crippen molar-refractivity contribution in [1.82, 2.24) is 4.57 Å². The van der Waals surface area contributed by atoms with E-state index in [1.54, 1.807) is 0 Å². The Morgan fingerprint density at radius 3 is 2.20 bits per heavy atom. The molecular weight excluding hydrogens is 262 g/mol. The third-order valence-corrected chi connectivity index (χ3v) is 3.96. The summed E-state index contributed by atoms with van der Waals surface area (Å²) in [4.78, 5) is 2.71. The first-order valence-corrected chi connectivity index (χ1v) is 8.17. The standard InChI is InChI=1S/C14H13NS.2C2H6/c1-10-3-6-14(16-10)12-4-5-13-11(9-12)7-8-15(13)2;2*1-2/h3-9H,1-2H3;2*1-2H3. The Morgan fingerprint density at radius 1 is 0.900 bits per heavy atom. The van der Waals surface area contributed by atoms with Crippen LogP contribution in [0.4, 0.5) is 0 Å². The number of fused-ring (bicyclic) bond motifs is 1. The number of aromatic nitrogens is 1. The van der Waals surface area contributed by atoms with Crippen molar-refractivity contribution in [2.45, 2.75) is 34.6 Å². The molecule has 0 aliphatic rings. The van der Waals surface area contributed by atoms with E-state index in [2.05, 4.69) is 61.1 Å². The molecule has 2 aromatic heterocycles. The Balaban J connectivity index is 0.000000461. The third kappa shape index (κ3) is 3.51. The Bertz CT molecular complexity index is 646. The zero-order chi connectivity index (χ0) is 15.1. The molecule has 2 heterocycles. The lowest BCUT2D eigenvalue weighted by Crippen LogP contribution is -1.82. The van der Waals surface area contributed by atoms with Gasteiger partial charge in [-0.15, -0.1) is 11.3 Å². The number of thiophene rings is 1. The van der Waals surface area contributed by atoms with Crippen LogP contribution >= 0.6 is 11.3 Å². The highest BCUT2D eigenvalue weighted by molar-refractivity contribution is 7.15. The molecule has 0 bridgehead atoms. The van der Waals surface area contributed by atoms with Crippen LogP contribution in [0, 0.1) is 6.92 Å². The Labute approximate surface area is 126 Å². The lowest BCUT2D eigenvalue weighted by atomic mass is 10.1. The van der Waals surface area contributed by atoms with Crippen LogP contribution in [0.15, 0.2) is 42.6 Å². The maximum absolute atomic E-state index is 2.26. The minimum absolute atomic E-state index is 1.29. The SMILES string of the molecule is CC.CC.Cc1ccc(-c2ccc3c(ccn3C)c2)s1. The molecule has 3 aromatic rings. The van der Waals surface area contributed by atoms with Crippen LogP contribution in [0.5, 0.6) is 0 Å². The first kappa shape index (κ1) is 16.5. The molecule has 0 atom stereocenters. The molecule has 0 fully saturated rings. The topological polar surface area (TPSA) is 4.93 Å². The molecule has 108 valence electrons. The highest BCUT2D eigenvalue weighted by Gasteiger charge is 2.03. The van der Waals surface area contributed by atoms with Crippen LogP contribution < -0.4 is 0 Å². The molecule has 0 N–H and O–H groups in total. The minimum Gasteiger partial charge on any atom is -0.351 e. The van der Waals surface area contributed by atoms with Crippen molar-refractivity contribution in [3.8, 4) is 10.4 Å². The van der Waals surface area contributed by atoms with E-state index in [0.717, 1.165) is 0 Å². The normalized spacial score (nSPS) is 9.50. The quantitative estimate of drug-likeness (QED) is 0.497. The lowest BCUT2D eigenvalue weighted by Gasteiger charge is -1.99. The second kappa shape index (κ2) is 7.91. The first-order chi connectivity index (χ1) is 9.74. The molecule has 0 aliphatic carbocycles. The summed E-state index contributed by atoms with van der Waals surface area (Å²) in [6.07, 6.45) is 2.11. The molecule has 3 rings (SSSR count). The maximum atomic E-state index is 2.26. The summed E-state index contributed by atoms with van der Waals surface area (Å²) in [5.74, 6) is 0. The van der Waals surface area contributed by atoms with Gasteiger partial charge in [0.2, 0.25) is 0 Å². The van der Waals surface area contributed by atoms with Gasteiger partial charge in [0.1, 0.15) is 0 Å². The van der Waals surface area contributed by atoms with Crippen molar-refractivity contribution >= 4 is 22.2 Å². The fourth-order valence-electron chi connectivity index (χ4n) is 2.02. The summed E-state index contributed by atoms with van der Waals surface area (Å²) >= 11 is 1.85. The molecule has 0 radical (unpaired) electrons. The number of rotatable bonds is 1. The maximum Gasteiger partial charge on any atom is 0.0478 e. The molecule has 0 aliphatic heterocycles. The van der Waals surface area contributed by atoms with E-state index in [4.69, 9.17) is 0 Å². The summed E-state index contributed by atoms with van der Waals surface area (Å²) in [5.41, 5.74) is 2.61. The summed E-state index contributed by atoms with van der Waals surface area (Å²) in [6.45, 7) is 10.1. The highest BCUT2D eigenvalue weighted by atomic mass is 32.1. The molecule has 1 nitrogen and oxygen atoms in total. The largest absolute Gasteiger partial charge is 0.351 e. The monoisotopic (exact) mass is 287 g/mol. The van der Waals surface area contributed by atoms with Crippen molar-refractivity contribution in [3.05, 3.63) is 47.5 Å². The van der Waals surface area contributed by atoms with Crippen LogP contribution in [0.25, 0.3) is 21.3 Å². The average molecular weight is 287 g/mol. The third-order valence-electron chi connectivity index (χ3n) is 2.91. The molecule has 0 saturated heterocycles. The number of hydrogen-bond donors (Lipinski definition) is 0. The van der Waals surface area contributed by atoms with Crippen molar-refractivity contribution in [3.63, 3.8) is 0 Å². The number of nitrogens with zero attached hydrogens (tertiary/aromatic N) is 1. The molecule has 0 spiro atoms. The molecule has 1 aromatic carbocycles. The van der Waals surface area contributed by atoms with E-state index in [9.17, 15) is 0 Å². The zero-order valence-corrected chi connectivity index (χ0v) is 14.2. The van der Waals surface area contributed by atoms with Gasteiger partial charge in [0.15, 0.2) is 0 Å². The van der Waals surface area contributed by atoms with Crippen LogP contribution in [-0.2, 0) is 7.05 Å². The van der Waals surface area contributed by atoms with E-state index < -0.39 is 0 Å². The Kier molecular flexibility index (Phi) is 6.53. The minimum atomic E-state index is 1.29. The number of hydrogen-bond acceptors (Lipinski definition) is 1. The van der Waals surface area contributed by atoms with Crippen LogP contribution in [0.1, 0.15) is 32.6 Å². The Hall–Kier alpha value is -1.54. The van der Waals surface area contributed by atoms with Crippen molar-refractivity contribution in [2.75, 3.05) is 0 Å². The van der Waals surface area contributed by atoms with Gasteiger partial charge in [-0.05, 0) is 42.8 Å². The summed E-state index contributed by atoms with van der Waals surface area (Å²) in [5, 5.41) is 1.31. The van der Waals surface area contributed by atoms with Gasteiger partial charge in [0, 0.05) is 33.9 Å². The van der Waals surface area contributed by atoms with Gasteiger partial charge in [-0.2, -0.15) is 0 Å². The zero-order valence-electron chi connectivity index (χ0n) is 13.4. The van der Waals surface area contributed by atoms with E-state index in [1.807, 2.05) is 39.0 Å². The second-order valence-electron chi connectivity index (χ2n) is 4.11. The van der Waals surface area contributed by atoms with Crippen molar-refractivity contribution in [1.29, 1.82) is 0 Å². The second-order valence-corrected chi connectivity index (χ2v) is 5.40. The predicted molar refractivity (Wildman–Crippen MR) is 93.7 cm³/mol. The predicted octanol–water partition coefficient (Wildman–Crippen LogP) is 6.27. The summed E-state index contributed by atoms with van der Waals surface area (Å²) in [6, 6.07) is 13.2. The van der Waals surface area contributed by atoms with Gasteiger partial charge < -0.3 is 4.57 Å².